The first kappa shape index (κ1) is 70.7. The van der Waals surface area contributed by atoms with E-state index in [2.05, 4.69) is 72.7 Å². The fourth-order valence-corrected chi connectivity index (χ4v) is 17.7. The zero-order valence-corrected chi connectivity index (χ0v) is 53.1. The van der Waals surface area contributed by atoms with Gasteiger partial charge in [-0.15, -0.1) is 0 Å². The molecule has 0 amide bonds. The van der Waals surface area contributed by atoms with Crippen LogP contribution >= 0.6 is 23.5 Å². The highest BCUT2D eigenvalue weighted by Crippen LogP contribution is 2.38. The summed E-state index contributed by atoms with van der Waals surface area (Å²) in [5.41, 5.74) is 0. The van der Waals surface area contributed by atoms with Crippen molar-refractivity contribution in [2.24, 2.45) is 0 Å². The third-order valence-corrected chi connectivity index (χ3v) is 22.9. The fraction of sp³-hybridized carbons (Fsp3) is 0.761. The number of unbranched alkanes of at least 4 members (excludes halogenated alkanes) is 24. The molecule has 7 nitrogen and oxygen atoms in total. The molecule has 0 spiro atoms. The third kappa shape index (κ3) is 33.2. The van der Waals surface area contributed by atoms with Gasteiger partial charge in [-0.05, 0) is 73.2 Å². The molecule has 2 aromatic rings. The lowest BCUT2D eigenvalue weighted by atomic mass is 10.0. The Morgan fingerprint density at radius 2 is 0.753 bits per heavy atom. The molecule has 0 aliphatic carbocycles. The second-order valence-corrected chi connectivity index (χ2v) is 30.2. The topological polar surface area (TPSA) is 96.0 Å². The summed E-state index contributed by atoms with van der Waals surface area (Å²) in [6, 6.07) is 20.6. The summed E-state index contributed by atoms with van der Waals surface area (Å²) in [5.74, 6) is -0.769. The highest BCUT2D eigenvalue weighted by atomic mass is 32.2. The van der Waals surface area contributed by atoms with Crippen molar-refractivity contribution in [3.8, 4) is 0 Å². The molecular formula is C67H114O7S2Si. The highest BCUT2D eigenvalue weighted by Gasteiger charge is 2.52. The molecule has 10 heteroatoms. The Morgan fingerprint density at radius 1 is 0.416 bits per heavy atom. The molecule has 77 heavy (non-hydrogen) atoms. The SMILES string of the molecule is CCCCCCCCC(CCCCCC)SC(=O)CCCCCCCOC(=O)CCC(O[Si](c1ccccc1)(c1ccccc1)C(C)(C)C)C(=O)OCCCCCCCC(=O)SC(CCCCCC)CCCCCCCC. The van der Waals surface area contributed by atoms with E-state index in [1.807, 2.05) is 36.4 Å². The van der Waals surface area contributed by atoms with E-state index < -0.39 is 20.4 Å². The van der Waals surface area contributed by atoms with Gasteiger partial charge in [0.15, 0.2) is 10.2 Å². The number of carbonyl (C=O) groups is 4. The lowest BCUT2D eigenvalue weighted by Gasteiger charge is -2.44. The summed E-state index contributed by atoms with van der Waals surface area (Å²) in [5, 5.41) is 3.37. The van der Waals surface area contributed by atoms with Crippen LogP contribution in [0.15, 0.2) is 60.7 Å². The van der Waals surface area contributed by atoms with E-state index in [-0.39, 0.29) is 30.5 Å². The molecule has 0 heterocycles. The summed E-state index contributed by atoms with van der Waals surface area (Å²) < 4.78 is 19.1. The maximum absolute atomic E-state index is 14.2. The lowest BCUT2D eigenvalue weighted by molar-refractivity contribution is -0.154. The second-order valence-electron chi connectivity index (χ2n) is 23.3. The zero-order valence-electron chi connectivity index (χ0n) is 50.5. The van der Waals surface area contributed by atoms with E-state index in [1.165, 1.54) is 128 Å². The van der Waals surface area contributed by atoms with Crippen molar-refractivity contribution in [3.63, 3.8) is 0 Å². The number of hydrogen-bond donors (Lipinski definition) is 0. The van der Waals surface area contributed by atoms with Gasteiger partial charge in [0.2, 0.25) is 0 Å². The number of hydrogen-bond acceptors (Lipinski definition) is 9. The molecular weight excluding hydrogens is 1010 g/mol. The van der Waals surface area contributed by atoms with Crippen molar-refractivity contribution in [1.82, 2.24) is 0 Å². The van der Waals surface area contributed by atoms with Crippen LogP contribution in [0.3, 0.4) is 0 Å². The molecule has 0 aliphatic rings. The van der Waals surface area contributed by atoms with Crippen LogP contribution in [0.25, 0.3) is 0 Å². The van der Waals surface area contributed by atoms with E-state index >= 15 is 0 Å². The van der Waals surface area contributed by atoms with E-state index in [1.54, 1.807) is 23.5 Å². The average Bonchev–Trinajstić information content (AvgIpc) is 3.46. The number of carbonyl (C=O) groups excluding carboxylic acids is 4. The van der Waals surface area contributed by atoms with Crippen molar-refractivity contribution in [2.75, 3.05) is 13.2 Å². The number of benzene rings is 2. The minimum absolute atomic E-state index is 0.0475. The number of rotatable bonds is 50. The van der Waals surface area contributed by atoms with Gasteiger partial charge in [-0.25, -0.2) is 4.79 Å². The maximum atomic E-state index is 14.2. The summed E-state index contributed by atoms with van der Waals surface area (Å²) in [7, 11) is -3.15. The molecule has 0 saturated heterocycles. The first-order valence-electron chi connectivity index (χ1n) is 31.9. The van der Waals surface area contributed by atoms with Crippen molar-refractivity contribution in [1.29, 1.82) is 0 Å². The van der Waals surface area contributed by atoms with E-state index in [0.29, 0.717) is 40.2 Å². The predicted octanol–water partition coefficient (Wildman–Crippen LogP) is 19.2. The van der Waals surface area contributed by atoms with Crippen LogP contribution < -0.4 is 10.4 Å². The number of thioether (sulfide) groups is 2. The largest absolute Gasteiger partial charge is 0.466 e. The Balaban J connectivity index is 1.92. The minimum atomic E-state index is -3.15. The molecule has 2 rings (SSSR count). The summed E-state index contributed by atoms with van der Waals surface area (Å²) in [4.78, 5) is 53.7. The number of esters is 2. The van der Waals surface area contributed by atoms with Crippen LogP contribution in [0.2, 0.25) is 5.04 Å². The molecule has 0 fully saturated rings. The monoisotopic (exact) mass is 1120 g/mol. The Kier molecular flexibility index (Phi) is 42.4. The van der Waals surface area contributed by atoms with Crippen LogP contribution in [-0.4, -0.2) is 60.3 Å². The lowest BCUT2D eigenvalue weighted by Crippen LogP contribution is -2.68. The van der Waals surface area contributed by atoms with Crippen LogP contribution in [0.5, 0.6) is 0 Å². The van der Waals surface area contributed by atoms with Gasteiger partial charge in [-0.2, -0.15) is 0 Å². The van der Waals surface area contributed by atoms with E-state index in [9.17, 15) is 19.2 Å². The van der Waals surface area contributed by atoms with Gasteiger partial charge in [0.05, 0.1) is 13.2 Å². The molecule has 0 radical (unpaired) electrons. The van der Waals surface area contributed by atoms with Crippen molar-refractivity contribution >= 4 is 64.4 Å². The molecule has 0 N–H and O–H groups in total. The Morgan fingerprint density at radius 3 is 1.14 bits per heavy atom. The summed E-state index contributed by atoms with van der Waals surface area (Å²) in [6.07, 6.45) is 39.9. The normalized spacial score (nSPS) is 13.1. The quantitative estimate of drug-likeness (QED) is 0.0365. The third-order valence-electron chi connectivity index (χ3n) is 15.3. The van der Waals surface area contributed by atoms with Gasteiger partial charge in [0.25, 0.3) is 8.32 Å². The first-order chi connectivity index (χ1) is 37.4. The minimum Gasteiger partial charge on any atom is -0.466 e. The van der Waals surface area contributed by atoms with Gasteiger partial charge in [0.1, 0.15) is 6.10 Å². The predicted molar refractivity (Wildman–Crippen MR) is 335 cm³/mol. The highest BCUT2D eigenvalue weighted by molar-refractivity contribution is 8.14. The van der Waals surface area contributed by atoms with Crippen LogP contribution in [0, 0.1) is 0 Å². The van der Waals surface area contributed by atoms with Gasteiger partial charge < -0.3 is 13.9 Å². The molecule has 0 aromatic heterocycles. The van der Waals surface area contributed by atoms with Gasteiger partial charge in [-0.1, -0.05) is 300 Å². The van der Waals surface area contributed by atoms with E-state index in [4.69, 9.17) is 13.9 Å². The van der Waals surface area contributed by atoms with Crippen molar-refractivity contribution in [2.45, 2.75) is 314 Å². The number of ether oxygens (including phenoxy) is 2. The molecule has 3 atom stereocenters. The van der Waals surface area contributed by atoms with Crippen LogP contribution in [0.1, 0.15) is 292 Å². The maximum Gasteiger partial charge on any atom is 0.334 e. The van der Waals surface area contributed by atoms with Crippen molar-refractivity contribution in [3.05, 3.63) is 60.7 Å². The fourth-order valence-electron chi connectivity index (χ4n) is 10.6. The molecule has 2 aromatic carbocycles. The van der Waals surface area contributed by atoms with E-state index in [0.717, 1.165) is 100 Å². The van der Waals surface area contributed by atoms with Crippen molar-refractivity contribution < 1.29 is 33.1 Å². The summed E-state index contributed by atoms with van der Waals surface area (Å²) >= 11 is 3.26. The Labute approximate surface area is 482 Å². The Bertz CT molecular complexity index is 1710. The zero-order chi connectivity index (χ0) is 56.1. The molecule has 440 valence electrons. The molecule has 3 unspecified atom stereocenters. The standard InChI is InChI=1S/C67H114O7S2Si/c1-8-12-16-20-24-34-46-58(44-32-18-14-10-3)75-64(69)52-40-26-22-28-42-56-72-63(68)55-54-62(74-77(67(5,6)7,60-48-36-30-37-49-60)61-50-38-31-39-51-61)66(71)73-57-43-29-23-27-41-53-65(70)76-59(45-33-19-15-11-4)47-35-25-21-17-13-9-2/h30-31,36-39,48-51,58-59,62H,8-29,32-35,40-47,52-57H2,1-7H3. The van der Waals surface area contributed by atoms with Gasteiger partial charge >= 0.3 is 11.9 Å². The Hall–Kier alpha value is -2.40. The summed E-state index contributed by atoms with van der Waals surface area (Å²) in [6.45, 7) is 16.2. The smallest absolute Gasteiger partial charge is 0.334 e. The van der Waals surface area contributed by atoms with Gasteiger partial charge in [0, 0.05) is 29.8 Å². The van der Waals surface area contributed by atoms with Crippen LogP contribution in [-0.2, 0) is 33.1 Å². The van der Waals surface area contributed by atoms with Crippen LogP contribution in [0.4, 0.5) is 0 Å². The molecule has 0 aliphatic heterocycles. The average molecular weight is 1120 g/mol. The van der Waals surface area contributed by atoms with Gasteiger partial charge in [-0.3, -0.25) is 14.4 Å². The molecule has 0 bridgehead atoms. The second kappa shape index (κ2) is 46.2. The first-order valence-corrected chi connectivity index (χ1v) is 35.6. The molecule has 0 saturated carbocycles.